The fourth-order valence-corrected chi connectivity index (χ4v) is 2.50. The number of carbonyl (C=O) groups is 1. The van der Waals surface area contributed by atoms with E-state index in [0.29, 0.717) is 12.0 Å². The summed E-state index contributed by atoms with van der Waals surface area (Å²) in [6, 6.07) is 0.334. The van der Waals surface area contributed by atoms with Crippen molar-refractivity contribution >= 4 is 5.91 Å². The number of carbonyl (C=O) groups excluding carboxylic acids is 1. The molecule has 100 valence electrons. The molecular formula is C13H22N4O. The van der Waals surface area contributed by atoms with Crippen molar-refractivity contribution in [2.24, 2.45) is 5.92 Å². The van der Waals surface area contributed by atoms with E-state index in [4.69, 9.17) is 0 Å². The van der Waals surface area contributed by atoms with Gasteiger partial charge in [-0.15, -0.1) is 0 Å². The Morgan fingerprint density at radius 2 is 2.28 bits per heavy atom. The third kappa shape index (κ3) is 3.31. The Morgan fingerprint density at radius 3 is 2.94 bits per heavy atom. The lowest BCUT2D eigenvalue weighted by atomic mass is 9.86. The van der Waals surface area contributed by atoms with Gasteiger partial charge >= 0.3 is 0 Å². The standard InChI is InChI=1S/C13H22N4O/c1-3-12-14-9-17(16-12)8-13(18)15-11-7-5-4-6-10(11)2/h9-11H,3-8H2,1-2H3,(H,15,18)/t10-,11-/m1/s1. The Labute approximate surface area is 108 Å². The molecule has 5 heteroatoms. The molecule has 1 fully saturated rings. The molecule has 0 bridgehead atoms. The predicted octanol–water partition coefficient (Wildman–Crippen LogP) is 1.54. The lowest BCUT2D eigenvalue weighted by Crippen LogP contribution is -2.42. The van der Waals surface area contributed by atoms with Gasteiger partial charge in [0.05, 0.1) is 0 Å². The van der Waals surface area contributed by atoms with Gasteiger partial charge in [-0.3, -0.25) is 4.79 Å². The molecule has 0 aliphatic heterocycles. The normalized spacial score (nSPS) is 23.9. The number of nitrogens with one attached hydrogen (secondary N) is 1. The summed E-state index contributed by atoms with van der Waals surface area (Å²) in [6.45, 7) is 4.49. The van der Waals surface area contributed by atoms with E-state index in [0.717, 1.165) is 18.7 Å². The van der Waals surface area contributed by atoms with Crippen LogP contribution in [0.15, 0.2) is 6.33 Å². The third-order valence-electron chi connectivity index (χ3n) is 3.66. The van der Waals surface area contributed by atoms with E-state index in [1.807, 2.05) is 6.92 Å². The van der Waals surface area contributed by atoms with Crippen molar-refractivity contribution in [3.05, 3.63) is 12.2 Å². The minimum Gasteiger partial charge on any atom is -0.351 e. The minimum atomic E-state index is 0.0429. The molecular weight excluding hydrogens is 228 g/mol. The van der Waals surface area contributed by atoms with Crippen LogP contribution in [0.5, 0.6) is 0 Å². The van der Waals surface area contributed by atoms with Crippen LogP contribution in [-0.4, -0.2) is 26.7 Å². The van der Waals surface area contributed by atoms with Gasteiger partial charge in [0.15, 0.2) is 0 Å². The number of aromatic nitrogens is 3. The topological polar surface area (TPSA) is 59.8 Å². The van der Waals surface area contributed by atoms with Crippen LogP contribution in [0.3, 0.4) is 0 Å². The van der Waals surface area contributed by atoms with Crippen molar-refractivity contribution in [3.8, 4) is 0 Å². The lowest BCUT2D eigenvalue weighted by Gasteiger charge is -2.29. The molecule has 0 radical (unpaired) electrons. The average Bonchev–Trinajstić information content (AvgIpc) is 2.80. The summed E-state index contributed by atoms with van der Waals surface area (Å²) in [7, 11) is 0. The zero-order valence-electron chi connectivity index (χ0n) is 11.2. The molecule has 1 aliphatic rings. The second kappa shape index (κ2) is 5.98. The molecule has 5 nitrogen and oxygen atoms in total. The summed E-state index contributed by atoms with van der Waals surface area (Å²) in [5, 5.41) is 7.34. The summed E-state index contributed by atoms with van der Waals surface area (Å²) in [5.41, 5.74) is 0. The summed E-state index contributed by atoms with van der Waals surface area (Å²) in [6.07, 6.45) is 7.25. The maximum Gasteiger partial charge on any atom is 0.242 e. The first-order chi connectivity index (χ1) is 8.69. The van der Waals surface area contributed by atoms with Crippen LogP contribution in [0.25, 0.3) is 0 Å². The molecule has 1 N–H and O–H groups in total. The van der Waals surface area contributed by atoms with Gasteiger partial charge in [-0.05, 0) is 18.8 Å². The van der Waals surface area contributed by atoms with Gasteiger partial charge in [0, 0.05) is 12.5 Å². The second-order valence-electron chi connectivity index (χ2n) is 5.15. The number of hydrogen-bond donors (Lipinski definition) is 1. The molecule has 1 saturated carbocycles. The van der Waals surface area contributed by atoms with Crippen LogP contribution in [-0.2, 0) is 17.8 Å². The Bertz CT molecular complexity index is 401. The number of aryl methyl sites for hydroxylation is 1. The summed E-state index contributed by atoms with van der Waals surface area (Å²) >= 11 is 0. The maximum absolute atomic E-state index is 11.9. The zero-order valence-corrected chi connectivity index (χ0v) is 11.2. The Balaban J connectivity index is 1.84. The Kier molecular flexibility index (Phi) is 4.33. The molecule has 2 rings (SSSR count). The quantitative estimate of drug-likeness (QED) is 0.881. The van der Waals surface area contributed by atoms with Gasteiger partial charge in [0.2, 0.25) is 5.91 Å². The van der Waals surface area contributed by atoms with E-state index < -0.39 is 0 Å². The van der Waals surface area contributed by atoms with E-state index in [2.05, 4.69) is 22.3 Å². The lowest BCUT2D eigenvalue weighted by molar-refractivity contribution is -0.123. The van der Waals surface area contributed by atoms with Gasteiger partial charge in [-0.25, -0.2) is 9.67 Å². The molecule has 0 aromatic carbocycles. The number of rotatable bonds is 4. The van der Waals surface area contributed by atoms with Gasteiger partial charge in [-0.1, -0.05) is 26.7 Å². The highest BCUT2D eigenvalue weighted by atomic mass is 16.2. The zero-order chi connectivity index (χ0) is 13.0. The van der Waals surface area contributed by atoms with Crippen LogP contribution in [0, 0.1) is 5.92 Å². The third-order valence-corrected chi connectivity index (χ3v) is 3.66. The van der Waals surface area contributed by atoms with Crippen molar-refractivity contribution in [2.75, 3.05) is 0 Å². The summed E-state index contributed by atoms with van der Waals surface area (Å²) in [5.74, 6) is 1.42. The first kappa shape index (κ1) is 13.1. The van der Waals surface area contributed by atoms with Crippen LogP contribution in [0.1, 0.15) is 45.4 Å². The molecule has 1 aliphatic carbocycles. The van der Waals surface area contributed by atoms with Crippen molar-refractivity contribution in [2.45, 2.75) is 58.5 Å². The summed E-state index contributed by atoms with van der Waals surface area (Å²) in [4.78, 5) is 16.0. The molecule has 0 spiro atoms. The highest BCUT2D eigenvalue weighted by molar-refractivity contribution is 5.75. The van der Waals surface area contributed by atoms with Crippen molar-refractivity contribution in [1.29, 1.82) is 0 Å². The molecule has 2 atom stereocenters. The van der Waals surface area contributed by atoms with Gasteiger partial charge in [-0.2, -0.15) is 5.10 Å². The van der Waals surface area contributed by atoms with Crippen LogP contribution < -0.4 is 5.32 Å². The molecule has 1 amide bonds. The monoisotopic (exact) mass is 250 g/mol. The number of hydrogen-bond acceptors (Lipinski definition) is 3. The molecule has 18 heavy (non-hydrogen) atoms. The van der Waals surface area contributed by atoms with Crippen LogP contribution in [0.2, 0.25) is 0 Å². The van der Waals surface area contributed by atoms with Crippen LogP contribution >= 0.6 is 0 Å². The second-order valence-corrected chi connectivity index (χ2v) is 5.15. The average molecular weight is 250 g/mol. The highest BCUT2D eigenvalue weighted by Gasteiger charge is 2.22. The molecule has 0 saturated heterocycles. The maximum atomic E-state index is 11.9. The van der Waals surface area contributed by atoms with Gasteiger partial charge in [0.25, 0.3) is 0 Å². The largest absolute Gasteiger partial charge is 0.351 e. The van der Waals surface area contributed by atoms with Crippen LogP contribution in [0.4, 0.5) is 0 Å². The fraction of sp³-hybridized carbons (Fsp3) is 0.769. The molecule has 1 heterocycles. The fourth-order valence-electron chi connectivity index (χ4n) is 2.50. The molecule has 1 aromatic heterocycles. The van der Waals surface area contributed by atoms with E-state index in [1.54, 1.807) is 11.0 Å². The highest BCUT2D eigenvalue weighted by Crippen LogP contribution is 2.23. The van der Waals surface area contributed by atoms with E-state index in [9.17, 15) is 4.79 Å². The smallest absolute Gasteiger partial charge is 0.242 e. The molecule has 1 aromatic rings. The van der Waals surface area contributed by atoms with Gasteiger partial charge in [0.1, 0.15) is 18.7 Å². The predicted molar refractivity (Wildman–Crippen MR) is 69.0 cm³/mol. The van der Waals surface area contributed by atoms with Crippen molar-refractivity contribution in [3.63, 3.8) is 0 Å². The first-order valence-corrected chi connectivity index (χ1v) is 6.86. The SMILES string of the molecule is CCc1ncn(CC(=O)N[C@@H]2CCCC[C@H]2C)n1. The Morgan fingerprint density at radius 1 is 1.50 bits per heavy atom. The summed E-state index contributed by atoms with van der Waals surface area (Å²) < 4.78 is 1.61. The number of amides is 1. The van der Waals surface area contributed by atoms with Crippen molar-refractivity contribution in [1.82, 2.24) is 20.1 Å². The number of nitrogens with zero attached hydrogens (tertiary/aromatic N) is 3. The van der Waals surface area contributed by atoms with E-state index >= 15 is 0 Å². The molecule has 0 unspecified atom stereocenters. The van der Waals surface area contributed by atoms with E-state index in [1.165, 1.54) is 19.3 Å². The van der Waals surface area contributed by atoms with E-state index in [-0.39, 0.29) is 12.5 Å². The van der Waals surface area contributed by atoms with Gasteiger partial charge < -0.3 is 5.32 Å². The van der Waals surface area contributed by atoms with Crippen molar-refractivity contribution < 1.29 is 4.79 Å². The minimum absolute atomic E-state index is 0.0429. The first-order valence-electron chi connectivity index (χ1n) is 6.86. The Hall–Kier alpha value is -1.39.